The number of rotatable bonds is 10. The molecule has 28 heavy (non-hydrogen) atoms. The highest BCUT2D eigenvalue weighted by Gasteiger charge is 2.24. The van der Waals surface area contributed by atoms with Crippen LogP contribution in [0.2, 0.25) is 0 Å². The molecule has 0 fully saturated rings. The quantitative estimate of drug-likeness (QED) is 0.160. The van der Waals surface area contributed by atoms with E-state index in [2.05, 4.69) is 65.0 Å². The van der Waals surface area contributed by atoms with Crippen LogP contribution < -0.4 is 10.6 Å². The van der Waals surface area contributed by atoms with Crippen molar-refractivity contribution in [3.8, 4) is 0 Å². The molecule has 0 amide bonds. The molecule has 0 saturated heterocycles. The number of aryl methyl sites for hydroxylation is 1. The maximum atomic E-state index is 5.59. The number of guanidine groups is 1. The summed E-state index contributed by atoms with van der Waals surface area (Å²) >= 11 is 1.65. The largest absolute Gasteiger partial charge is 0.379 e. The van der Waals surface area contributed by atoms with Gasteiger partial charge in [-0.25, -0.2) is 0 Å². The molecule has 164 valence electrons. The Balaban J connectivity index is 0.00000729. The lowest BCUT2D eigenvalue weighted by atomic mass is 9.89. The summed E-state index contributed by atoms with van der Waals surface area (Å²) in [6.07, 6.45) is 4.04. The van der Waals surface area contributed by atoms with Crippen LogP contribution in [0.5, 0.6) is 0 Å². The van der Waals surface area contributed by atoms with Gasteiger partial charge in [-0.3, -0.25) is 4.99 Å². The highest BCUT2D eigenvalue weighted by molar-refractivity contribution is 14.0. The Morgan fingerprint density at radius 3 is 2.43 bits per heavy atom. The normalized spacial score (nSPS) is 13.4. The summed E-state index contributed by atoms with van der Waals surface area (Å²) in [5, 5.41) is 16.4. The van der Waals surface area contributed by atoms with Gasteiger partial charge in [0.2, 0.25) is 0 Å². The fourth-order valence-electron chi connectivity index (χ4n) is 2.81. The third kappa shape index (κ3) is 9.30. The van der Waals surface area contributed by atoms with Gasteiger partial charge < -0.3 is 19.9 Å². The van der Waals surface area contributed by atoms with Crippen LogP contribution in [0.4, 0.5) is 0 Å². The zero-order chi connectivity index (χ0) is 20.4. The minimum absolute atomic E-state index is 0. The predicted molar refractivity (Wildman–Crippen MR) is 130 cm³/mol. The SMILES string of the molecule is CN=C(NCCCc1nnc(SC)n1CC(C)C)NCC(OC)C(C)(C)C.I. The smallest absolute Gasteiger partial charge is 0.191 e. The second-order valence-corrected chi connectivity index (χ2v) is 8.95. The van der Waals surface area contributed by atoms with Crippen LogP contribution in [0.1, 0.15) is 46.9 Å². The number of aromatic nitrogens is 3. The van der Waals surface area contributed by atoms with Crippen molar-refractivity contribution in [2.45, 2.75) is 65.3 Å². The zero-order valence-corrected chi connectivity index (χ0v) is 21.9. The molecule has 0 saturated carbocycles. The molecule has 0 radical (unpaired) electrons. The van der Waals surface area contributed by atoms with E-state index in [1.165, 1.54) is 0 Å². The molecule has 1 heterocycles. The number of aliphatic imine (C=N–C) groups is 1. The average molecular weight is 527 g/mol. The summed E-state index contributed by atoms with van der Waals surface area (Å²) in [7, 11) is 3.54. The Hall–Kier alpha value is -0.550. The van der Waals surface area contributed by atoms with Crippen molar-refractivity contribution in [3.63, 3.8) is 0 Å². The Bertz CT molecular complexity index is 585. The Morgan fingerprint density at radius 1 is 1.25 bits per heavy atom. The van der Waals surface area contributed by atoms with E-state index in [0.717, 1.165) is 49.4 Å². The maximum absolute atomic E-state index is 5.59. The van der Waals surface area contributed by atoms with Gasteiger partial charge in [0.05, 0.1) is 6.10 Å². The van der Waals surface area contributed by atoms with Crippen molar-refractivity contribution in [1.82, 2.24) is 25.4 Å². The fourth-order valence-corrected chi connectivity index (χ4v) is 3.33. The molecular formula is C19H39IN6OS. The average Bonchev–Trinajstić information content (AvgIpc) is 2.97. The Morgan fingerprint density at radius 2 is 1.93 bits per heavy atom. The Labute approximate surface area is 192 Å². The van der Waals surface area contributed by atoms with Crippen molar-refractivity contribution >= 4 is 41.7 Å². The lowest BCUT2D eigenvalue weighted by Crippen LogP contribution is -2.45. The molecule has 0 aliphatic rings. The molecule has 0 bridgehead atoms. The second kappa shape index (κ2) is 13.6. The molecule has 1 atom stereocenters. The molecule has 9 heteroatoms. The van der Waals surface area contributed by atoms with Gasteiger partial charge in [0.1, 0.15) is 5.82 Å². The number of hydrogen-bond donors (Lipinski definition) is 2. The summed E-state index contributed by atoms with van der Waals surface area (Å²) in [4.78, 5) is 4.30. The van der Waals surface area contributed by atoms with Crippen molar-refractivity contribution in [2.24, 2.45) is 16.3 Å². The predicted octanol–water partition coefficient (Wildman–Crippen LogP) is 3.43. The van der Waals surface area contributed by atoms with Gasteiger partial charge >= 0.3 is 0 Å². The van der Waals surface area contributed by atoms with Crippen LogP contribution >= 0.6 is 35.7 Å². The molecule has 0 aliphatic heterocycles. The van der Waals surface area contributed by atoms with Crippen molar-refractivity contribution in [2.75, 3.05) is 33.5 Å². The van der Waals surface area contributed by atoms with E-state index in [4.69, 9.17) is 4.74 Å². The van der Waals surface area contributed by atoms with E-state index in [1.54, 1.807) is 25.9 Å². The van der Waals surface area contributed by atoms with Crippen molar-refractivity contribution in [3.05, 3.63) is 5.82 Å². The van der Waals surface area contributed by atoms with E-state index < -0.39 is 0 Å². The number of halogens is 1. The summed E-state index contributed by atoms with van der Waals surface area (Å²) in [6, 6.07) is 0. The van der Waals surface area contributed by atoms with Gasteiger partial charge in [0.25, 0.3) is 0 Å². The molecule has 0 aromatic carbocycles. The number of nitrogens with one attached hydrogen (secondary N) is 2. The number of thioether (sulfide) groups is 1. The van der Waals surface area contributed by atoms with Crippen LogP contribution in [0.15, 0.2) is 10.1 Å². The topological polar surface area (TPSA) is 76.4 Å². The van der Waals surface area contributed by atoms with Crippen molar-refractivity contribution in [1.29, 1.82) is 0 Å². The number of methoxy groups -OCH3 is 1. The van der Waals surface area contributed by atoms with Gasteiger partial charge in [-0.15, -0.1) is 34.2 Å². The molecular weight excluding hydrogens is 487 g/mol. The number of ether oxygens (including phenoxy) is 1. The highest BCUT2D eigenvalue weighted by atomic mass is 127. The summed E-state index contributed by atoms with van der Waals surface area (Å²) in [5.74, 6) is 2.43. The lowest BCUT2D eigenvalue weighted by molar-refractivity contribution is 0.0205. The third-order valence-electron chi connectivity index (χ3n) is 4.32. The first-order valence-electron chi connectivity index (χ1n) is 9.66. The van der Waals surface area contributed by atoms with E-state index >= 15 is 0 Å². The van der Waals surface area contributed by atoms with Gasteiger partial charge in [0.15, 0.2) is 11.1 Å². The van der Waals surface area contributed by atoms with E-state index in [0.29, 0.717) is 5.92 Å². The monoisotopic (exact) mass is 526 g/mol. The lowest BCUT2D eigenvalue weighted by Gasteiger charge is -2.30. The fraction of sp³-hybridized carbons (Fsp3) is 0.842. The van der Waals surface area contributed by atoms with Gasteiger partial charge in [-0.1, -0.05) is 46.4 Å². The first-order chi connectivity index (χ1) is 12.7. The third-order valence-corrected chi connectivity index (χ3v) is 4.99. The second-order valence-electron chi connectivity index (χ2n) is 8.18. The van der Waals surface area contributed by atoms with Crippen LogP contribution in [0.3, 0.4) is 0 Å². The van der Waals surface area contributed by atoms with Gasteiger partial charge in [-0.05, 0) is 24.0 Å². The molecule has 1 rings (SSSR count). The highest BCUT2D eigenvalue weighted by Crippen LogP contribution is 2.21. The minimum Gasteiger partial charge on any atom is -0.379 e. The minimum atomic E-state index is 0. The van der Waals surface area contributed by atoms with E-state index in [1.807, 2.05) is 6.26 Å². The molecule has 0 spiro atoms. The summed E-state index contributed by atoms with van der Waals surface area (Å²) in [6.45, 7) is 13.5. The molecule has 1 aromatic heterocycles. The molecule has 0 aliphatic carbocycles. The van der Waals surface area contributed by atoms with E-state index in [9.17, 15) is 0 Å². The van der Waals surface area contributed by atoms with Crippen LogP contribution in [-0.2, 0) is 17.7 Å². The first kappa shape index (κ1) is 27.5. The molecule has 1 unspecified atom stereocenters. The summed E-state index contributed by atoms with van der Waals surface area (Å²) in [5.41, 5.74) is 0.0795. The van der Waals surface area contributed by atoms with Crippen LogP contribution in [0, 0.1) is 11.3 Å². The van der Waals surface area contributed by atoms with E-state index in [-0.39, 0.29) is 35.5 Å². The van der Waals surface area contributed by atoms with Crippen molar-refractivity contribution < 1.29 is 4.74 Å². The first-order valence-corrected chi connectivity index (χ1v) is 10.9. The maximum Gasteiger partial charge on any atom is 0.191 e. The zero-order valence-electron chi connectivity index (χ0n) is 18.7. The van der Waals surface area contributed by atoms with Crippen LogP contribution in [0.25, 0.3) is 0 Å². The molecule has 7 nitrogen and oxygen atoms in total. The molecule has 1 aromatic rings. The van der Waals surface area contributed by atoms with Gasteiger partial charge in [0, 0.05) is 40.2 Å². The molecule has 2 N–H and O–H groups in total. The Kier molecular flexibility index (Phi) is 13.4. The summed E-state index contributed by atoms with van der Waals surface area (Å²) < 4.78 is 7.83. The number of nitrogens with zero attached hydrogens (tertiary/aromatic N) is 4. The number of hydrogen-bond acceptors (Lipinski definition) is 5. The van der Waals surface area contributed by atoms with Gasteiger partial charge in [-0.2, -0.15) is 0 Å². The standard InChI is InChI=1S/C19H38N6OS.HI/c1-14(2)13-25-16(23-24-18(25)27-8)10-9-11-21-17(20-6)22-12-15(26-7)19(3,4)5;/h14-15H,9-13H2,1-8H3,(H2,20,21,22);1H. The van der Waals surface area contributed by atoms with Crippen LogP contribution in [-0.4, -0.2) is 60.3 Å².